The summed E-state index contributed by atoms with van der Waals surface area (Å²) in [5.74, 6) is -1.51. The van der Waals surface area contributed by atoms with E-state index in [1.54, 1.807) is 0 Å². The van der Waals surface area contributed by atoms with Crippen LogP contribution < -0.4 is 0 Å². The van der Waals surface area contributed by atoms with E-state index in [9.17, 15) is 9.59 Å². The summed E-state index contributed by atoms with van der Waals surface area (Å²) in [6, 6.07) is 0. The molecule has 1 fully saturated rings. The second-order valence-corrected chi connectivity index (χ2v) is 3.76. The van der Waals surface area contributed by atoms with Crippen molar-refractivity contribution in [3.8, 4) is 0 Å². The fourth-order valence-electron chi connectivity index (χ4n) is 1.72. The standard InChI is InChI=1S/C11H16O5/c1-2-10(12)16-7-15-9-5-3-8(4-6-9)11(13)14/h2,8-9H,1,3-7H2,(H,13,14). The van der Waals surface area contributed by atoms with Crippen molar-refractivity contribution in [2.24, 2.45) is 5.92 Å². The summed E-state index contributed by atoms with van der Waals surface area (Å²) in [6.07, 6.45) is 3.70. The van der Waals surface area contributed by atoms with E-state index in [-0.39, 0.29) is 18.8 Å². The van der Waals surface area contributed by atoms with Crippen LogP contribution in [0, 0.1) is 5.92 Å². The molecule has 0 spiro atoms. The molecule has 5 heteroatoms. The highest BCUT2D eigenvalue weighted by Gasteiger charge is 2.26. The van der Waals surface area contributed by atoms with Gasteiger partial charge in [0.05, 0.1) is 12.0 Å². The van der Waals surface area contributed by atoms with Crippen molar-refractivity contribution in [1.82, 2.24) is 0 Å². The third kappa shape index (κ3) is 4.02. The van der Waals surface area contributed by atoms with Gasteiger partial charge in [0.2, 0.25) is 0 Å². The predicted octanol–water partition coefficient (Wildman–Crippen LogP) is 1.33. The van der Waals surface area contributed by atoms with Gasteiger partial charge in [-0.25, -0.2) is 4.79 Å². The molecule has 16 heavy (non-hydrogen) atoms. The highest BCUT2D eigenvalue weighted by molar-refractivity contribution is 5.81. The molecule has 0 aromatic rings. The van der Waals surface area contributed by atoms with Crippen molar-refractivity contribution >= 4 is 11.9 Å². The maximum Gasteiger partial charge on any atom is 0.332 e. The van der Waals surface area contributed by atoms with Crippen molar-refractivity contribution in [2.75, 3.05) is 6.79 Å². The largest absolute Gasteiger partial charge is 0.481 e. The van der Waals surface area contributed by atoms with Gasteiger partial charge in [-0.1, -0.05) is 6.58 Å². The van der Waals surface area contributed by atoms with Crippen LogP contribution in [0.2, 0.25) is 0 Å². The molecule has 0 saturated heterocycles. The molecule has 5 nitrogen and oxygen atoms in total. The zero-order chi connectivity index (χ0) is 12.0. The molecule has 0 heterocycles. The molecule has 0 amide bonds. The summed E-state index contributed by atoms with van der Waals surface area (Å²) in [7, 11) is 0. The first kappa shape index (κ1) is 12.7. The quantitative estimate of drug-likeness (QED) is 0.436. The summed E-state index contributed by atoms with van der Waals surface area (Å²) < 4.78 is 9.97. The van der Waals surface area contributed by atoms with E-state index in [1.807, 2.05) is 0 Å². The first-order valence-corrected chi connectivity index (χ1v) is 5.27. The van der Waals surface area contributed by atoms with E-state index in [4.69, 9.17) is 9.84 Å². The topological polar surface area (TPSA) is 72.8 Å². The van der Waals surface area contributed by atoms with Crippen molar-refractivity contribution in [3.63, 3.8) is 0 Å². The maximum atomic E-state index is 10.7. The van der Waals surface area contributed by atoms with E-state index in [0.29, 0.717) is 25.7 Å². The number of hydrogen-bond donors (Lipinski definition) is 1. The van der Waals surface area contributed by atoms with Crippen LogP contribution in [-0.4, -0.2) is 29.9 Å². The second kappa shape index (κ2) is 6.27. The number of hydrogen-bond acceptors (Lipinski definition) is 4. The minimum Gasteiger partial charge on any atom is -0.481 e. The van der Waals surface area contributed by atoms with Crippen molar-refractivity contribution < 1.29 is 24.2 Å². The van der Waals surface area contributed by atoms with E-state index in [1.165, 1.54) is 0 Å². The number of carboxylic acid groups (broad SMARTS) is 1. The Bertz CT molecular complexity index is 266. The van der Waals surface area contributed by atoms with Crippen LogP contribution >= 0.6 is 0 Å². The van der Waals surface area contributed by atoms with E-state index in [2.05, 4.69) is 11.3 Å². The Morgan fingerprint density at radius 2 is 1.94 bits per heavy atom. The van der Waals surface area contributed by atoms with Gasteiger partial charge >= 0.3 is 11.9 Å². The van der Waals surface area contributed by atoms with Gasteiger partial charge < -0.3 is 14.6 Å². The lowest BCUT2D eigenvalue weighted by atomic mass is 9.87. The number of carboxylic acids is 1. The molecule has 90 valence electrons. The minimum absolute atomic E-state index is 0.00628. The Morgan fingerprint density at radius 3 is 2.44 bits per heavy atom. The lowest BCUT2D eigenvalue weighted by Gasteiger charge is -2.25. The van der Waals surface area contributed by atoms with Crippen LogP contribution in [0.4, 0.5) is 0 Å². The van der Waals surface area contributed by atoms with E-state index >= 15 is 0 Å². The summed E-state index contributed by atoms with van der Waals surface area (Å²) in [5, 5.41) is 8.78. The molecule has 1 rings (SSSR count). The Morgan fingerprint density at radius 1 is 1.31 bits per heavy atom. The molecule has 0 unspecified atom stereocenters. The molecule has 0 aromatic carbocycles. The fraction of sp³-hybridized carbons (Fsp3) is 0.636. The monoisotopic (exact) mass is 228 g/mol. The Balaban J connectivity index is 2.15. The molecule has 0 radical (unpaired) electrons. The zero-order valence-corrected chi connectivity index (χ0v) is 9.05. The van der Waals surface area contributed by atoms with Crippen LogP contribution in [0.1, 0.15) is 25.7 Å². The lowest BCUT2D eigenvalue weighted by Crippen LogP contribution is -2.26. The maximum absolute atomic E-state index is 10.7. The van der Waals surface area contributed by atoms with Crippen molar-refractivity contribution in [1.29, 1.82) is 0 Å². The molecule has 1 saturated carbocycles. The van der Waals surface area contributed by atoms with Gasteiger partial charge in [-0.3, -0.25) is 4.79 Å². The normalized spacial score (nSPS) is 24.8. The molecular formula is C11H16O5. The average Bonchev–Trinajstić information content (AvgIpc) is 2.29. The third-order valence-corrected chi connectivity index (χ3v) is 2.70. The summed E-state index contributed by atoms with van der Waals surface area (Å²) >= 11 is 0. The minimum atomic E-state index is -0.739. The smallest absolute Gasteiger partial charge is 0.332 e. The van der Waals surface area contributed by atoms with Gasteiger partial charge in [0.1, 0.15) is 0 Å². The van der Waals surface area contributed by atoms with E-state index in [0.717, 1.165) is 6.08 Å². The highest BCUT2D eigenvalue weighted by atomic mass is 16.7. The third-order valence-electron chi connectivity index (χ3n) is 2.70. The van der Waals surface area contributed by atoms with Gasteiger partial charge in [0.15, 0.2) is 6.79 Å². The first-order chi connectivity index (χ1) is 7.63. The lowest BCUT2D eigenvalue weighted by molar-refractivity contribution is -0.157. The number of carbonyl (C=O) groups excluding carboxylic acids is 1. The first-order valence-electron chi connectivity index (χ1n) is 5.27. The zero-order valence-electron chi connectivity index (χ0n) is 9.05. The van der Waals surface area contributed by atoms with Crippen molar-refractivity contribution in [3.05, 3.63) is 12.7 Å². The summed E-state index contributed by atoms with van der Waals surface area (Å²) in [4.78, 5) is 21.4. The number of rotatable bonds is 5. The van der Waals surface area contributed by atoms with Gasteiger partial charge in [0, 0.05) is 6.08 Å². The highest BCUT2D eigenvalue weighted by Crippen LogP contribution is 2.26. The number of carbonyl (C=O) groups is 2. The number of ether oxygens (including phenoxy) is 2. The van der Waals surface area contributed by atoms with Crippen LogP contribution in [0.25, 0.3) is 0 Å². The van der Waals surface area contributed by atoms with Crippen LogP contribution in [0.5, 0.6) is 0 Å². The molecule has 0 bridgehead atoms. The van der Waals surface area contributed by atoms with Crippen LogP contribution in [-0.2, 0) is 19.1 Å². The molecular weight excluding hydrogens is 212 g/mol. The van der Waals surface area contributed by atoms with E-state index < -0.39 is 11.9 Å². The molecule has 1 N–H and O–H groups in total. The molecule has 0 aliphatic heterocycles. The van der Waals surface area contributed by atoms with Gasteiger partial charge in [-0.2, -0.15) is 0 Å². The van der Waals surface area contributed by atoms with Gasteiger partial charge in [-0.15, -0.1) is 0 Å². The Labute approximate surface area is 94.0 Å². The van der Waals surface area contributed by atoms with Crippen LogP contribution in [0.3, 0.4) is 0 Å². The molecule has 1 aliphatic carbocycles. The Kier molecular flexibility index (Phi) is 4.98. The number of aliphatic carboxylic acids is 1. The molecule has 0 atom stereocenters. The fourth-order valence-corrected chi connectivity index (χ4v) is 1.72. The second-order valence-electron chi connectivity index (χ2n) is 3.76. The summed E-state index contributed by atoms with van der Waals surface area (Å²) in [6.45, 7) is 3.17. The molecule has 1 aliphatic rings. The Hall–Kier alpha value is -1.36. The average molecular weight is 228 g/mol. The number of esters is 1. The predicted molar refractivity (Wildman–Crippen MR) is 55.6 cm³/mol. The van der Waals surface area contributed by atoms with Gasteiger partial charge in [0.25, 0.3) is 0 Å². The summed E-state index contributed by atoms with van der Waals surface area (Å²) in [5.41, 5.74) is 0. The van der Waals surface area contributed by atoms with Crippen LogP contribution in [0.15, 0.2) is 12.7 Å². The molecule has 0 aromatic heterocycles. The van der Waals surface area contributed by atoms with Crippen molar-refractivity contribution in [2.45, 2.75) is 31.8 Å². The van der Waals surface area contributed by atoms with Gasteiger partial charge in [-0.05, 0) is 25.7 Å². The SMILES string of the molecule is C=CC(=O)OCOC1CCC(C(=O)O)CC1.